The maximum atomic E-state index is 10.1. The number of carbonyl (C=O) groups is 1. The third-order valence-corrected chi connectivity index (χ3v) is 2.24. The highest BCUT2D eigenvalue weighted by Crippen LogP contribution is 2.40. The molecule has 0 heterocycles. The first-order chi connectivity index (χ1) is 5.12. The fraction of sp³-hybridized carbons (Fsp3) is 0.875. The smallest absolute Gasteiger partial charge is 0.329 e. The largest absolute Gasteiger partial charge is 0.480 e. The van der Waals surface area contributed by atoms with Gasteiger partial charge in [0, 0.05) is 0 Å². The molecule has 0 radical (unpaired) electrons. The second kappa shape index (κ2) is 3.22. The molecule has 0 aromatic carbocycles. The van der Waals surface area contributed by atoms with Crippen LogP contribution in [0.15, 0.2) is 0 Å². The zero-order valence-corrected chi connectivity index (χ0v) is 6.80. The maximum Gasteiger partial charge on any atom is 0.329 e. The highest BCUT2D eigenvalue weighted by Gasteiger charge is 2.31. The number of hydrogen-bond donors (Lipinski definition) is 1. The molecule has 0 aliphatic heterocycles. The van der Waals surface area contributed by atoms with Crippen molar-refractivity contribution in [3.05, 3.63) is 0 Å². The molecule has 0 aromatic heterocycles. The molecule has 1 N–H and O–H groups in total. The van der Waals surface area contributed by atoms with Gasteiger partial charge in [-0.1, -0.05) is 13.3 Å². The first-order valence-corrected chi connectivity index (χ1v) is 3.92. The van der Waals surface area contributed by atoms with E-state index in [0.717, 1.165) is 0 Å². The monoisotopic (exact) mass is 158 g/mol. The topological polar surface area (TPSA) is 46.5 Å². The third-order valence-electron chi connectivity index (χ3n) is 2.24. The molecule has 0 aromatic rings. The minimum absolute atomic E-state index is 0.157. The highest BCUT2D eigenvalue weighted by molar-refractivity contribution is 5.67. The van der Waals surface area contributed by atoms with Crippen molar-refractivity contribution in [2.24, 2.45) is 5.41 Å². The Bertz CT molecular complexity index is 149. The van der Waals surface area contributed by atoms with E-state index >= 15 is 0 Å². The molecule has 0 bridgehead atoms. The van der Waals surface area contributed by atoms with Crippen LogP contribution in [0.2, 0.25) is 0 Å². The Kier molecular flexibility index (Phi) is 2.49. The Morgan fingerprint density at radius 2 is 2.27 bits per heavy atom. The first kappa shape index (κ1) is 8.53. The summed E-state index contributed by atoms with van der Waals surface area (Å²) in [6, 6.07) is 0. The zero-order valence-electron chi connectivity index (χ0n) is 6.80. The number of hydrogen-bond acceptors (Lipinski definition) is 2. The summed E-state index contributed by atoms with van der Waals surface area (Å²) >= 11 is 0. The Hall–Kier alpha value is -0.570. The molecule has 0 unspecified atom stereocenters. The summed E-state index contributed by atoms with van der Waals surface area (Å²) in [4.78, 5) is 10.1. The molecule has 3 nitrogen and oxygen atoms in total. The summed E-state index contributed by atoms with van der Waals surface area (Å²) in [7, 11) is 0. The van der Waals surface area contributed by atoms with Crippen LogP contribution >= 0.6 is 0 Å². The van der Waals surface area contributed by atoms with Crippen LogP contribution in [0.4, 0.5) is 0 Å². The SMILES string of the molecule is CC1(COCC(=O)O)CCC1. The van der Waals surface area contributed by atoms with Crippen LogP contribution in [-0.2, 0) is 9.53 Å². The lowest BCUT2D eigenvalue weighted by Crippen LogP contribution is -2.31. The van der Waals surface area contributed by atoms with Gasteiger partial charge < -0.3 is 9.84 Å². The van der Waals surface area contributed by atoms with Crippen LogP contribution in [0.3, 0.4) is 0 Å². The molecule has 0 atom stereocenters. The first-order valence-electron chi connectivity index (χ1n) is 3.92. The van der Waals surface area contributed by atoms with E-state index in [4.69, 9.17) is 9.84 Å². The molecule has 1 saturated carbocycles. The van der Waals surface area contributed by atoms with Crippen molar-refractivity contribution in [3.8, 4) is 0 Å². The molecule has 1 aliphatic carbocycles. The van der Waals surface area contributed by atoms with Crippen LogP contribution in [0.25, 0.3) is 0 Å². The van der Waals surface area contributed by atoms with Crippen molar-refractivity contribution in [2.45, 2.75) is 26.2 Å². The quantitative estimate of drug-likeness (QED) is 0.670. The van der Waals surface area contributed by atoms with E-state index in [2.05, 4.69) is 6.92 Å². The second-order valence-corrected chi connectivity index (χ2v) is 3.55. The molecule has 1 fully saturated rings. The molecular formula is C8H14O3. The number of ether oxygens (including phenoxy) is 1. The summed E-state index contributed by atoms with van der Waals surface area (Å²) < 4.78 is 5.00. The lowest BCUT2D eigenvalue weighted by atomic mass is 9.71. The van der Waals surface area contributed by atoms with E-state index in [0.29, 0.717) is 6.61 Å². The Morgan fingerprint density at radius 1 is 1.64 bits per heavy atom. The van der Waals surface area contributed by atoms with Gasteiger partial charge in [-0.2, -0.15) is 0 Å². The van der Waals surface area contributed by atoms with Crippen LogP contribution < -0.4 is 0 Å². The summed E-state index contributed by atoms with van der Waals surface area (Å²) in [5.41, 5.74) is 0.273. The minimum atomic E-state index is -0.882. The Balaban J connectivity index is 2.07. The number of aliphatic carboxylic acids is 1. The van der Waals surface area contributed by atoms with Crippen molar-refractivity contribution in [2.75, 3.05) is 13.2 Å². The van der Waals surface area contributed by atoms with Gasteiger partial charge in [0.25, 0.3) is 0 Å². The van der Waals surface area contributed by atoms with Crippen LogP contribution in [0, 0.1) is 5.41 Å². The summed E-state index contributed by atoms with van der Waals surface area (Å²) in [5, 5.41) is 8.28. The van der Waals surface area contributed by atoms with Gasteiger partial charge in [0.1, 0.15) is 6.61 Å². The van der Waals surface area contributed by atoms with Gasteiger partial charge in [-0.05, 0) is 18.3 Å². The van der Waals surface area contributed by atoms with E-state index in [-0.39, 0.29) is 12.0 Å². The molecule has 1 rings (SSSR count). The lowest BCUT2D eigenvalue weighted by molar-refractivity contribution is -0.144. The van der Waals surface area contributed by atoms with Gasteiger partial charge in [-0.3, -0.25) is 0 Å². The Labute approximate surface area is 66.4 Å². The molecule has 64 valence electrons. The van der Waals surface area contributed by atoms with Gasteiger partial charge in [0.2, 0.25) is 0 Å². The number of rotatable bonds is 4. The summed E-state index contributed by atoms with van der Waals surface area (Å²) in [6.45, 7) is 2.58. The summed E-state index contributed by atoms with van der Waals surface area (Å²) in [6.07, 6.45) is 3.60. The van der Waals surface area contributed by atoms with Crippen molar-refractivity contribution < 1.29 is 14.6 Å². The highest BCUT2D eigenvalue weighted by atomic mass is 16.5. The van der Waals surface area contributed by atoms with Gasteiger partial charge in [0.15, 0.2) is 0 Å². The van der Waals surface area contributed by atoms with E-state index in [9.17, 15) is 4.79 Å². The third kappa shape index (κ3) is 2.50. The maximum absolute atomic E-state index is 10.1. The van der Waals surface area contributed by atoms with Crippen molar-refractivity contribution >= 4 is 5.97 Å². The molecule has 11 heavy (non-hydrogen) atoms. The standard InChI is InChI=1S/C8H14O3/c1-8(3-2-4-8)6-11-5-7(9)10/h2-6H2,1H3,(H,9,10). The van der Waals surface area contributed by atoms with Crippen molar-refractivity contribution in [3.63, 3.8) is 0 Å². The average molecular weight is 158 g/mol. The van der Waals surface area contributed by atoms with Gasteiger partial charge in [0.05, 0.1) is 6.61 Å². The second-order valence-electron chi connectivity index (χ2n) is 3.55. The van der Waals surface area contributed by atoms with Crippen molar-refractivity contribution in [1.82, 2.24) is 0 Å². The lowest BCUT2D eigenvalue weighted by Gasteiger charge is -2.37. The molecule has 3 heteroatoms. The molecule has 0 amide bonds. The molecule has 0 saturated heterocycles. The fourth-order valence-corrected chi connectivity index (χ4v) is 1.31. The van der Waals surface area contributed by atoms with Crippen LogP contribution in [0.5, 0.6) is 0 Å². The van der Waals surface area contributed by atoms with E-state index in [1.807, 2.05) is 0 Å². The van der Waals surface area contributed by atoms with Crippen LogP contribution in [-0.4, -0.2) is 24.3 Å². The zero-order chi connectivity index (χ0) is 8.32. The van der Waals surface area contributed by atoms with Gasteiger partial charge in [-0.15, -0.1) is 0 Å². The number of carboxylic acids is 1. The fourth-order valence-electron chi connectivity index (χ4n) is 1.31. The van der Waals surface area contributed by atoms with E-state index in [1.54, 1.807) is 0 Å². The molecule has 1 aliphatic rings. The van der Waals surface area contributed by atoms with Gasteiger partial charge >= 0.3 is 5.97 Å². The van der Waals surface area contributed by atoms with Crippen LogP contribution in [0.1, 0.15) is 26.2 Å². The van der Waals surface area contributed by atoms with E-state index < -0.39 is 5.97 Å². The number of carboxylic acid groups (broad SMARTS) is 1. The predicted molar refractivity (Wildman–Crippen MR) is 40.4 cm³/mol. The normalized spacial score (nSPS) is 20.8. The average Bonchev–Trinajstić information content (AvgIpc) is 1.83. The van der Waals surface area contributed by atoms with Gasteiger partial charge in [-0.25, -0.2) is 4.79 Å². The molecule has 0 spiro atoms. The summed E-state index contributed by atoms with van der Waals surface area (Å²) in [5.74, 6) is -0.882. The predicted octanol–water partition coefficient (Wildman–Crippen LogP) is 1.28. The molecular weight excluding hydrogens is 144 g/mol. The van der Waals surface area contributed by atoms with E-state index in [1.165, 1.54) is 19.3 Å². The Morgan fingerprint density at radius 3 is 2.64 bits per heavy atom. The van der Waals surface area contributed by atoms with Crippen molar-refractivity contribution in [1.29, 1.82) is 0 Å². The minimum Gasteiger partial charge on any atom is -0.480 e.